The highest BCUT2D eigenvalue weighted by Gasteiger charge is 2.33. The van der Waals surface area contributed by atoms with Crippen molar-refractivity contribution in [1.82, 2.24) is 15.2 Å². The lowest BCUT2D eigenvalue weighted by atomic mass is 9.91. The Bertz CT molecular complexity index is 915. The van der Waals surface area contributed by atoms with Crippen molar-refractivity contribution in [3.8, 4) is 0 Å². The molecular formula is C21H28N6O3. The van der Waals surface area contributed by atoms with Crippen LogP contribution in [-0.4, -0.2) is 59.9 Å². The van der Waals surface area contributed by atoms with Crippen LogP contribution < -0.4 is 11.1 Å². The van der Waals surface area contributed by atoms with Crippen molar-refractivity contribution in [2.45, 2.75) is 51.7 Å². The van der Waals surface area contributed by atoms with Gasteiger partial charge in [0.1, 0.15) is 5.69 Å². The van der Waals surface area contributed by atoms with Gasteiger partial charge in [0.15, 0.2) is 11.6 Å². The second-order valence-corrected chi connectivity index (χ2v) is 7.62. The Balaban J connectivity index is 1.95. The third-order valence-electron chi connectivity index (χ3n) is 5.66. The van der Waals surface area contributed by atoms with Crippen LogP contribution in [0, 0.1) is 6.92 Å². The first-order valence-corrected chi connectivity index (χ1v) is 9.96. The minimum Gasteiger partial charge on any atom is -0.381 e. The Morgan fingerprint density at radius 2 is 2.07 bits per heavy atom. The number of carbonyl (C=O) groups excluding carboxylic acids is 2. The second kappa shape index (κ2) is 9.17. The molecule has 1 aromatic rings. The average molecular weight is 412 g/mol. The summed E-state index contributed by atoms with van der Waals surface area (Å²) in [6, 6.07) is 1.81. The van der Waals surface area contributed by atoms with E-state index in [1.165, 1.54) is 0 Å². The van der Waals surface area contributed by atoms with Gasteiger partial charge < -0.3 is 20.7 Å². The molecule has 1 aromatic heterocycles. The van der Waals surface area contributed by atoms with Gasteiger partial charge in [0.2, 0.25) is 5.91 Å². The Morgan fingerprint density at radius 1 is 1.37 bits per heavy atom. The first-order valence-electron chi connectivity index (χ1n) is 9.96. The summed E-state index contributed by atoms with van der Waals surface area (Å²) in [6.07, 6.45) is 5.52. The Kier molecular flexibility index (Phi) is 6.61. The average Bonchev–Trinajstić information content (AvgIpc) is 2.74. The summed E-state index contributed by atoms with van der Waals surface area (Å²) in [5, 5.41) is 2.76. The molecule has 0 spiro atoms. The summed E-state index contributed by atoms with van der Waals surface area (Å²) in [5.74, 6) is 0.222. The van der Waals surface area contributed by atoms with Gasteiger partial charge in [0.05, 0.1) is 12.6 Å². The summed E-state index contributed by atoms with van der Waals surface area (Å²) < 4.78 is 5.47. The van der Waals surface area contributed by atoms with Crippen LogP contribution in [0.2, 0.25) is 0 Å². The highest BCUT2D eigenvalue weighted by molar-refractivity contribution is 6.01. The highest BCUT2D eigenvalue weighted by atomic mass is 16.5. The van der Waals surface area contributed by atoms with Crippen LogP contribution in [0.5, 0.6) is 0 Å². The second-order valence-electron chi connectivity index (χ2n) is 7.62. The standard InChI is InChI=1S/C21H28N6O3/c1-12-9-17(19(22)29)24-10-16(12)13(2)25-21-20(23-3)26-18(28)11-27(21)14-5-7-15(30-4)8-6-14/h9-10,14-15H,3,5-8,11H2,1-2,4H3,(H2,22,29)(H,26,28)/b25-13+/t14-,15-. The smallest absolute Gasteiger partial charge is 0.267 e. The number of nitrogens with zero attached hydrogens (tertiary/aromatic N) is 4. The van der Waals surface area contributed by atoms with E-state index in [1.807, 2.05) is 18.7 Å². The van der Waals surface area contributed by atoms with Crippen LogP contribution in [-0.2, 0) is 9.53 Å². The van der Waals surface area contributed by atoms with Gasteiger partial charge in [-0.25, -0.2) is 9.98 Å². The number of pyridine rings is 1. The summed E-state index contributed by atoms with van der Waals surface area (Å²) in [7, 11) is 1.73. The first-order chi connectivity index (χ1) is 14.3. The number of methoxy groups -OCH3 is 1. The van der Waals surface area contributed by atoms with Crippen LogP contribution >= 0.6 is 0 Å². The number of carbonyl (C=O) groups is 2. The largest absolute Gasteiger partial charge is 0.381 e. The molecule has 2 aliphatic rings. The Hall–Kier alpha value is -3.07. The quantitative estimate of drug-likeness (QED) is 0.686. The van der Waals surface area contributed by atoms with Crippen molar-refractivity contribution in [1.29, 1.82) is 0 Å². The lowest BCUT2D eigenvalue weighted by molar-refractivity contribution is -0.122. The molecule has 3 rings (SSSR count). The molecule has 30 heavy (non-hydrogen) atoms. The fourth-order valence-electron chi connectivity index (χ4n) is 4.00. The van der Waals surface area contributed by atoms with Gasteiger partial charge in [0, 0.05) is 30.6 Å². The van der Waals surface area contributed by atoms with Crippen LogP contribution in [0.3, 0.4) is 0 Å². The van der Waals surface area contributed by atoms with Crippen LogP contribution in [0.4, 0.5) is 0 Å². The van der Waals surface area contributed by atoms with Gasteiger partial charge in [-0.1, -0.05) is 0 Å². The van der Waals surface area contributed by atoms with Crippen molar-refractivity contribution < 1.29 is 14.3 Å². The van der Waals surface area contributed by atoms with Gasteiger partial charge in [-0.2, -0.15) is 0 Å². The van der Waals surface area contributed by atoms with Gasteiger partial charge >= 0.3 is 0 Å². The van der Waals surface area contributed by atoms with E-state index >= 15 is 0 Å². The van der Waals surface area contributed by atoms with Crippen LogP contribution in [0.25, 0.3) is 0 Å². The van der Waals surface area contributed by atoms with Gasteiger partial charge in [0.25, 0.3) is 5.91 Å². The zero-order chi connectivity index (χ0) is 21.8. The molecule has 3 N–H and O–H groups in total. The maximum atomic E-state index is 12.3. The zero-order valence-corrected chi connectivity index (χ0v) is 17.6. The molecule has 0 saturated heterocycles. The number of hydrogen-bond donors (Lipinski definition) is 2. The SMILES string of the molecule is C=NC1=C(/N=C(\C)c2cnc(C(N)=O)cc2C)N([C@H]2CC[C@H](OC)CC2)CC(=O)N1. The molecule has 9 nitrogen and oxygen atoms in total. The van der Waals surface area contributed by atoms with E-state index in [2.05, 4.69) is 22.0 Å². The number of primary amides is 1. The molecule has 0 unspecified atom stereocenters. The molecule has 1 fully saturated rings. The number of hydrogen-bond acceptors (Lipinski definition) is 7. The lowest BCUT2D eigenvalue weighted by Gasteiger charge is -2.39. The van der Waals surface area contributed by atoms with E-state index in [4.69, 9.17) is 15.5 Å². The molecule has 160 valence electrons. The van der Waals surface area contributed by atoms with Crippen molar-refractivity contribution >= 4 is 24.2 Å². The summed E-state index contributed by atoms with van der Waals surface area (Å²) in [5.41, 5.74) is 7.84. The number of amides is 2. The number of nitrogens with one attached hydrogen (secondary N) is 1. The van der Waals surface area contributed by atoms with Gasteiger partial charge in [-0.05, 0) is 57.9 Å². The molecule has 0 radical (unpaired) electrons. The molecule has 1 aliphatic carbocycles. The number of aryl methyl sites for hydroxylation is 1. The summed E-state index contributed by atoms with van der Waals surface area (Å²) >= 11 is 0. The van der Waals surface area contributed by atoms with Gasteiger partial charge in [-0.3, -0.25) is 14.6 Å². The minimum absolute atomic E-state index is 0.133. The van der Waals surface area contributed by atoms with E-state index in [1.54, 1.807) is 19.4 Å². The highest BCUT2D eigenvalue weighted by Crippen LogP contribution is 2.30. The summed E-state index contributed by atoms with van der Waals surface area (Å²) in [4.78, 5) is 38.6. The van der Waals surface area contributed by atoms with Crippen molar-refractivity contribution in [3.63, 3.8) is 0 Å². The van der Waals surface area contributed by atoms with Crippen LogP contribution in [0.1, 0.15) is 54.2 Å². The molecular weight excluding hydrogens is 384 g/mol. The predicted molar refractivity (Wildman–Crippen MR) is 114 cm³/mol. The monoisotopic (exact) mass is 412 g/mol. The molecule has 0 aromatic carbocycles. The predicted octanol–water partition coefficient (Wildman–Crippen LogP) is 1.51. The molecule has 0 bridgehead atoms. The number of ether oxygens (including phenoxy) is 1. The van der Waals surface area contributed by atoms with Crippen molar-refractivity contribution in [2.75, 3.05) is 13.7 Å². The summed E-state index contributed by atoms with van der Waals surface area (Å²) in [6.45, 7) is 7.54. The third kappa shape index (κ3) is 4.56. The fourth-order valence-corrected chi connectivity index (χ4v) is 4.00. The van der Waals surface area contributed by atoms with E-state index in [9.17, 15) is 9.59 Å². The van der Waals surface area contributed by atoms with E-state index in [-0.39, 0.29) is 30.3 Å². The maximum Gasteiger partial charge on any atom is 0.267 e. The normalized spacial score (nSPS) is 22.7. The first kappa shape index (κ1) is 21.6. The number of aromatic nitrogens is 1. The van der Waals surface area contributed by atoms with E-state index < -0.39 is 5.91 Å². The van der Waals surface area contributed by atoms with E-state index in [0.29, 0.717) is 17.4 Å². The third-order valence-corrected chi connectivity index (χ3v) is 5.66. The number of nitrogens with two attached hydrogens (primary N) is 1. The molecule has 1 aliphatic heterocycles. The number of rotatable bonds is 6. The Labute approximate surface area is 176 Å². The molecule has 9 heteroatoms. The number of aliphatic imine (C=N–C) groups is 2. The van der Waals surface area contributed by atoms with Gasteiger partial charge in [-0.15, -0.1) is 0 Å². The topological polar surface area (TPSA) is 122 Å². The minimum atomic E-state index is -0.576. The van der Waals surface area contributed by atoms with Crippen molar-refractivity contribution in [2.24, 2.45) is 15.7 Å². The lowest BCUT2D eigenvalue weighted by Crippen LogP contribution is -2.48. The molecule has 1 saturated carbocycles. The molecule has 0 atom stereocenters. The zero-order valence-electron chi connectivity index (χ0n) is 17.6. The van der Waals surface area contributed by atoms with Crippen molar-refractivity contribution in [3.05, 3.63) is 40.7 Å². The molecule has 2 amide bonds. The van der Waals surface area contributed by atoms with Crippen LogP contribution in [0.15, 0.2) is 33.9 Å². The molecule has 2 heterocycles. The maximum absolute atomic E-state index is 12.3. The van der Waals surface area contributed by atoms with E-state index in [0.717, 1.165) is 36.8 Å². The Morgan fingerprint density at radius 3 is 2.63 bits per heavy atom. The fraction of sp³-hybridized carbons (Fsp3) is 0.476.